The fourth-order valence-corrected chi connectivity index (χ4v) is 3.56. The normalized spacial score (nSPS) is 25.0. The van der Waals surface area contributed by atoms with Crippen molar-refractivity contribution in [3.8, 4) is 0 Å². The standard InChI is InChI=1S/C12H17FN2O2S/c1-9-11(6-4-8-14-9)15-18(16,17)12-7-3-2-5-10(12)13/h2-3,5,7,9,11,14-15H,4,6,8H2,1H3. The molecule has 0 aliphatic carbocycles. The van der Waals surface area contributed by atoms with Crippen LogP contribution in [0.4, 0.5) is 4.39 Å². The summed E-state index contributed by atoms with van der Waals surface area (Å²) in [5.41, 5.74) is 0. The molecule has 1 heterocycles. The zero-order valence-electron chi connectivity index (χ0n) is 10.2. The first kappa shape index (κ1) is 13.5. The lowest BCUT2D eigenvalue weighted by molar-refractivity contribution is 0.348. The largest absolute Gasteiger partial charge is 0.313 e. The average molecular weight is 272 g/mol. The molecule has 0 aromatic heterocycles. The van der Waals surface area contributed by atoms with Crippen LogP contribution in [0.15, 0.2) is 29.2 Å². The van der Waals surface area contributed by atoms with Crippen molar-refractivity contribution in [3.63, 3.8) is 0 Å². The fraction of sp³-hybridized carbons (Fsp3) is 0.500. The average Bonchev–Trinajstić information content (AvgIpc) is 2.32. The number of rotatable bonds is 3. The molecule has 2 unspecified atom stereocenters. The van der Waals surface area contributed by atoms with E-state index in [0.717, 1.165) is 25.5 Å². The Morgan fingerprint density at radius 2 is 2.11 bits per heavy atom. The molecule has 0 radical (unpaired) electrons. The zero-order valence-corrected chi connectivity index (χ0v) is 11.0. The Kier molecular flexibility index (Phi) is 3.99. The van der Waals surface area contributed by atoms with E-state index in [4.69, 9.17) is 0 Å². The van der Waals surface area contributed by atoms with E-state index in [1.165, 1.54) is 18.2 Å². The lowest BCUT2D eigenvalue weighted by Crippen LogP contribution is -2.51. The first-order chi connectivity index (χ1) is 8.50. The first-order valence-electron chi connectivity index (χ1n) is 6.01. The summed E-state index contributed by atoms with van der Waals surface area (Å²) in [5.74, 6) is -0.721. The third kappa shape index (κ3) is 2.88. The van der Waals surface area contributed by atoms with Crippen LogP contribution in [0.5, 0.6) is 0 Å². The van der Waals surface area contributed by atoms with Crippen LogP contribution in [0.3, 0.4) is 0 Å². The van der Waals surface area contributed by atoms with Gasteiger partial charge in [-0.15, -0.1) is 0 Å². The summed E-state index contributed by atoms with van der Waals surface area (Å²) in [6, 6.07) is 5.28. The van der Waals surface area contributed by atoms with Gasteiger partial charge in [-0.05, 0) is 38.4 Å². The van der Waals surface area contributed by atoms with Crippen molar-refractivity contribution in [2.75, 3.05) is 6.54 Å². The SMILES string of the molecule is CC1NCCCC1NS(=O)(=O)c1ccccc1F. The molecule has 0 amide bonds. The number of hydrogen-bond acceptors (Lipinski definition) is 3. The van der Waals surface area contributed by atoms with E-state index in [9.17, 15) is 12.8 Å². The summed E-state index contributed by atoms with van der Waals surface area (Å²) in [7, 11) is -3.79. The molecule has 1 aromatic rings. The van der Waals surface area contributed by atoms with Gasteiger partial charge in [0.1, 0.15) is 10.7 Å². The van der Waals surface area contributed by atoms with Crippen LogP contribution in [0.2, 0.25) is 0 Å². The van der Waals surface area contributed by atoms with Gasteiger partial charge in [0.2, 0.25) is 10.0 Å². The number of benzene rings is 1. The first-order valence-corrected chi connectivity index (χ1v) is 7.49. The van der Waals surface area contributed by atoms with Crippen LogP contribution in [0.1, 0.15) is 19.8 Å². The maximum absolute atomic E-state index is 13.5. The molecule has 1 aliphatic heterocycles. The van der Waals surface area contributed by atoms with Gasteiger partial charge in [-0.2, -0.15) is 0 Å². The van der Waals surface area contributed by atoms with Gasteiger partial charge in [-0.25, -0.2) is 17.5 Å². The molecule has 0 spiro atoms. The van der Waals surface area contributed by atoms with Gasteiger partial charge in [-0.3, -0.25) is 0 Å². The Bertz CT molecular complexity index is 519. The Labute approximate surface area is 107 Å². The molecule has 0 bridgehead atoms. The number of sulfonamides is 1. The van der Waals surface area contributed by atoms with E-state index in [-0.39, 0.29) is 17.0 Å². The highest BCUT2D eigenvalue weighted by Gasteiger charge is 2.27. The minimum absolute atomic E-state index is 0.0558. The van der Waals surface area contributed by atoms with Gasteiger partial charge < -0.3 is 5.32 Å². The van der Waals surface area contributed by atoms with E-state index < -0.39 is 15.8 Å². The van der Waals surface area contributed by atoms with Crippen LogP contribution in [-0.2, 0) is 10.0 Å². The topological polar surface area (TPSA) is 58.2 Å². The summed E-state index contributed by atoms with van der Waals surface area (Å²) >= 11 is 0. The predicted molar refractivity (Wildman–Crippen MR) is 67.2 cm³/mol. The van der Waals surface area contributed by atoms with Crippen molar-refractivity contribution in [2.24, 2.45) is 0 Å². The molecular formula is C12H17FN2O2S. The van der Waals surface area contributed by atoms with Gasteiger partial charge in [0, 0.05) is 12.1 Å². The molecule has 0 saturated carbocycles. The molecule has 6 heteroatoms. The van der Waals surface area contributed by atoms with Gasteiger partial charge >= 0.3 is 0 Å². The molecule has 1 aliphatic rings. The monoisotopic (exact) mass is 272 g/mol. The van der Waals surface area contributed by atoms with E-state index in [1.807, 2.05) is 6.92 Å². The molecule has 100 valence electrons. The predicted octanol–water partition coefficient (Wildman–Crippen LogP) is 1.24. The molecule has 2 N–H and O–H groups in total. The lowest BCUT2D eigenvalue weighted by atomic mass is 10.0. The Morgan fingerprint density at radius 1 is 1.39 bits per heavy atom. The van der Waals surface area contributed by atoms with E-state index in [1.54, 1.807) is 0 Å². The van der Waals surface area contributed by atoms with Crippen LogP contribution >= 0.6 is 0 Å². The number of halogens is 1. The van der Waals surface area contributed by atoms with Crippen molar-refractivity contribution in [1.82, 2.24) is 10.0 Å². The molecular weight excluding hydrogens is 255 g/mol. The van der Waals surface area contributed by atoms with Crippen molar-refractivity contribution >= 4 is 10.0 Å². The summed E-state index contributed by atoms with van der Waals surface area (Å²) in [4.78, 5) is -0.289. The second-order valence-corrected chi connectivity index (χ2v) is 6.23. The van der Waals surface area contributed by atoms with E-state index in [2.05, 4.69) is 10.0 Å². The van der Waals surface area contributed by atoms with Crippen LogP contribution < -0.4 is 10.0 Å². The summed E-state index contributed by atoms with van der Waals surface area (Å²) < 4.78 is 40.2. The second-order valence-electron chi connectivity index (χ2n) is 4.54. The third-order valence-corrected chi connectivity index (χ3v) is 4.72. The molecule has 1 saturated heterocycles. The lowest BCUT2D eigenvalue weighted by Gasteiger charge is -2.30. The summed E-state index contributed by atoms with van der Waals surface area (Å²) in [5, 5.41) is 3.20. The van der Waals surface area contributed by atoms with Crippen LogP contribution in [-0.4, -0.2) is 27.0 Å². The minimum Gasteiger partial charge on any atom is -0.313 e. The third-order valence-electron chi connectivity index (χ3n) is 3.19. The van der Waals surface area contributed by atoms with Gasteiger partial charge in [-0.1, -0.05) is 12.1 Å². The van der Waals surface area contributed by atoms with Crippen molar-refractivity contribution in [1.29, 1.82) is 0 Å². The van der Waals surface area contributed by atoms with Crippen LogP contribution in [0, 0.1) is 5.82 Å². The molecule has 4 nitrogen and oxygen atoms in total. The molecule has 1 aromatic carbocycles. The smallest absolute Gasteiger partial charge is 0.243 e. The maximum Gasteiger partial charge on any atom is 0.243 e. The fourth-order valence-electron chi connectivity index (χ4n) is 2.13. The highest BCUT2D eigenvalue weighted by atomic mass is 32.2. The Hall–Kier alpha value is -0.980. The van der Waals surface area contributed by atoms with Crippen LogP contribution in [0.25, 0.3) is 0 Å². The quantitative estimate of drug-likeness (QED) is 0.870. The van der Waals surface area contributed by atoms with E-state index >= 15 is 0 Å². The van der Waals surface area contributed by atoms with Gasteiger partial charge in [0.15, 0.2) is 0 Å². The number of hydrogen-bond donors (Lipinski definition) is 2. The zero-order chi connectivity index (χ0) is 13.2. The maximum atomic E-state index is 13.5. The van der Waals surface area contributed by atoms with Crippen molar-refractivity contribution in [2.45, 2.75) is 36.7 Å². The highest BCUT2D eigenvalue weighted by molar-refractivity contribution is 7.89. The van der Waals surface area contributed by atoms with Crippen molar-refractivity contribution < 1.29 is 12.8 Å². The highest BCUT2D eigenvalue weighted by Crippen LogP contribution is 2.16. The minimum atomic E-state index is -3.79. The molecule has 2 rings (SSSR count). The molecule has 1 fully saturated rings. The molecule has 18 heavy (non-hydrogen) atoms. The summed E-state index contributed by atoms with van der Waals surface area (Å²) in [6.45, 7) is 2.81. The van der Waals surface area contributed by atoms with Crippen molar-refractivity contribution in [3.05, 3.63) is 30.1 Å². The Morgan fingerprint density at radius 3 is 2.78 bits per heavy atom. The second kappa shape index (κ2) is 5.34. The Balaban J connectivity index is 2.19. The van der Waals surface area contributed by atoms with E-state index in [0.29, 0.717) is 0 Å². The molecule has 2 atom stereocenters. The van der Waals surface area contributed by atoms with Gasteiger partial charge in [0.25, 0.3) is 0 Å². The van der Waals surface area contributed by atoms with Gasteiger partial charge in [0.05, 0.1) is 0 Å². The number of nitrogens with one attached hydrogen (secondary N) is 2. The summed E-state index contributed by atoms with van der Waals surface area (Å²) in [6.07, 6.45) is 1.68. The number of piperidine rings is 1.